The molecule has 4 rings (SSSR count). The molecule has 2 aromatic rings. The molecule has 0 unspecified atom stereocenters. The third-order valence-electron chi connectivity index (χ3n) is 5.68. The zero-order chi connectivity index (χ0) is 20.3. The van der Waals surface area contributed by atoms with E-state index in [9.17, 15) is 9.59 Å². The minimum Gasteiger partial charge on any atom is -0.447 e. The van der Waals surface area contributed by atoms with Crippen LogP contribution in [0.4, 0.5) is 10.5 Å². The van der Waals surface area contributed by atoms with Crippen molar-refractivity contribution in [3.8, 4) is 0 Å². The molecule has 2 heterocycles. The largest absolute Gasteiger partial charge is 0.447 e. The summed E-state index contributed by atoms with van der Waals surface area (Å²) >= 11 is 6.21. The van der Waals surface area contributed by atoms with Gasteiger partial charge in [0.05, 0.1) is 6.54 Å². The first-order chi connectivity index (χ1) is 14.1. The second kappa shape index (κ2) is 8.43. The van der Waals surface area contributed by atoms with E-state index in [4.69, 9.17) is 21.1 Å². The molecule has 29 heavy (non-hydrogen) atoms. The average molecular weight is 415 g/mol. The van der Waals surface area contributed by atoms with Crippen LogP contribution in [0.15, 0.2) is 48.5 Å². The minimum absolute atomic E-state index is 0.145. The third kappa shape index (κ3) is 4.23. The first-order valence-electron chi connectivity index (χ1n) is 9.74. The first-order valence-corrected chi connectivity index (χ1v) is 10.1. The highest BCUT2D eigenvalue weighted by Gasteiger charge is 2.35. The lowest BCUT2D eigenvalue weighted by atomic mass is 9.74. The predicted octanol–water partition coefficient (Wildman–Crippen LogP) is 3.77. The Kier molecular flexibility index (Phi) is 5.74. The smallest absolute Gasteiger partial charge is 0.414 e. The van der Waals surface area contributed by atoms with Gasteiger partial charge in [-0.25, -0.2) is 4.79 Å². The van der Waals surface area contributed by atoms with Crippen LogP contribution in [0.1, 0.15) is 28.8 Å². The minimum atomic E-state index is -0.356. The van der Waals surface area contributed by atoms with E-state index in [1.807, 2.05) is 18.2 Å². The van der Waals surface area contributed by atoms with Gasteiger partial charge in [-0.05, 0) is 54.8 Å². The highest BCUT2D eigenvalue weighted by molar-refractivity contribution is 6.30. The molecule has 2 saturated heterocycles. The van der Waals surface area contributed by atoms with Crippen molar-refractivity contribution in [3.05, 3.63) is 64.7 Å². The third-order valence-corrected chi connectivity index (χ3v) is 5.91. The average Bonchev–Trinajstić information content (AvgIpc) is 3.19. The van der Waals surface area contributed by atoms with Gasteiger partial charge in [0.1, 0.15) is 6.61 Å². The van der Waals surface area contributed by atoms with Crippen molar-refractivity contribution in [2.45, 2.75) is 18.3 Å². The van der Waals surface area contributed by atoms with Crippen molar-refractivity contribution >= 4 is 29.3 Å². The lowest BCUT2D eigenvalue weighted by molar-refractivity contribution is 0.0487. The van der Waals surface area contributed by atoms with Crippen LogP contribution in [0, 0.1) is 0 Å². The summed E-state index contributed by atoms with van der Waals surface area (Å²) in [6.45, 7) is 2.73. The van der Waals surface area contributed by atoms with Crippen molar-refractivity contribution in [1.29, 1.82) is 0 Å². The Bertz CT molecular complexity index is 894. The fraction of sp³-hybridized carbons (Fsp3) is 0.364. The molecule has 0 saturated carbocycles. The van der Waals surface area contributed by atoms with E-state index in [1.165, 1.54) is 0 Å². The summed E-state index contributed by atoms with van der Waals surface area (Å²) in [5.41, 5.74) is 2.20. The van der Waals surface area contributed by atoms with E-state index >= 15 is 0 Å². The van der Waals surface area contributed by atoms with Crippen LogP contribution in [0.2, 0.25) is 5.02 Å². The van der Waals surface area contributed by atoms with Gasteiger partial charge in [0.15, 0.2) is 0 Å². The number of cyclic esters (lactones) is 1. The number of amides is 2. The first kappa shape index (κ1) is 19.7. The number of ether oxygens (including phenoxy) is 2. The molecule has 2 aromatic carbocycles. The van der Waals surface area contributed by atoms with E-state index in [-0.39, 0.29) is 17.4 Å². The van der Waals surface area contributed by atoms with Crippen molar-refractivity contribution in [3.63, 3.8) is 0 Å². The van der Waals surface area contributed by atoms with Crippen molar-refractivity contribution in [1.82, 2.24) is 5.32 Å². The quantitative estimate of drug-likeness (QED) is 0.808. The summed E-state index contributed by atoms with van der Waals surface area (Å²) in [5, 5.41) is 3.77. The van der Waals surface area contributed by atoms with Crippen LogP contribution < -0.4 is 10.2 Å². The normalized spacial score (nSPS) is 18.4. The number of rotatable bonds is 5. The lowest BCUT2D eigenvalue weighted by Crippen LogP contribution is -2.44. The second-order valence-corrected chi connectivity index (χ2v) is 7.84. The molecule has 2 aliphatic rings. The number of nitrogens with zero attached hydrogens (tertiary/aromatic N) is 1. The van der Waals surface area contributed by atoms with Crippen LogP contribution in [0.25, 0.3) is 0 Å². The van der Waals surface area contributed by atoms with Crippen LogP contribution >= 0.6 is 11.6 Å². The van der Waals surface area contributed by atoms with Gasteiger partial charge in [0, 0.05) is 41.4 Å². The molecule has 2 amide bonds. The summed E-state index contributed by atoms with van der Waals surface area (Å²) in [6.07, 6.45) is 1.29. The number of carbonyl (C=O) groups excluding carboxylic acids is 2. The molecule has 0 aliphatic carbocycles. The van der Waals surface area contributed by atoms with Crippen LogP contribution in [0.5, 0.6) is 0 Å². The Hall–Kier alpha value is -2.57. The molecule has 152 valence electrons. The van der Waals surface area contributed by atoms with Gasteiger partial charge in [-0.1, -0.05) is 23.7 Å². The summed E-state index contributed by atoms with van der Waals surface area (Å²) in [5.74, 6) is -0.145. The standard InChI is InChI=1S/C22H23ClN2O4/c23-18-3-1-2-17(14-18)22(8-11-28-12-9-22)15-24-20(26)16-4-6-19(7-5-16)25-10-13-29-21(25)27/h1-7,14H,8-13,15H2,(H,24,26). The second-order valence-electron chi connectivity index (χ2n) is 7.40. The van der Waals surface area contributed by atoms with Gasteiger partial charge in [-0.15, -0.1) is 0 Å². The van der Waals surface area contributed by atoms with E-state index in [1.54, 1.807) is 29.2 Å². The van der Waals surface area contributed by atoms with Crippen LogP contribution in [-0.4, -0.2) is 44.9 Å². The molecule has 0 spiro atoms. The fourth-order valence-corrected chi connectivity index (χ4v) is 4.11. The number of anilines is 1. The van der Waals surface area contributed by atoms with Gasteiger partial charge in [0.25, 0.3) is 5.91 Å². The molecule has 6 nitrogen and oxygen atoms in total. The van der Waals surface area contributed by atoms with Crippen molar-refractivity contribution < 1.29 is 19.1 Å². The zero-order valence-corrected chi connectivity index (χ0v) is 16.8. The van der Waals surface area contributed by atoms with Gasteiger partial charge in [0.2, 0.25) is 0 Å². The van der Waals surface area contributed by atoms with Crippen molar-refractivity contribution in [2.75, 3.05) is 37.8 Å². The Morgan fingerprint density at radius 3 is 2.52 bits per heavy atom. The molecular formula is C22H23ClN2O4. The highest BCUT2D eigenvalue weighted by Crippen LogP contribution is 2.35. The maximum atomic E-state index is 12.8. The number of carbonyl (C=O) groups is 2. The Labute approximate surface area is 174 Å². The van der Waals surface area contributed by atoms with Gasteiger partial charge in [-0.3, -0.25) is 9.69 Å². The van der Waals surface area contributed by atoms with Gasteiger partial charge < -0.3 is 14.8 Å². The summed E-state index contributed by atoms with van der Waals surface area (Å²) in [4.78, 5) is 26.0. The molecule has 0 radical (unpaired) electrons. The topological polar surface area (TPSA) is 67.9 Å². The maximum absolute atomic E-state index is 12.8. The molecule has 2 aliphatic heterocycles. The zero-order valence-electron chi connectivity index (χ0n) is 16.0. The Morgan fingerprint density at radius 1 is 1.10 bits per heavy atom. The van der Waals surface area contributed by atoms with Gasteiger partial charge >= 0.3 is 6.09 Å². The van der Waals surface area contributed by atoms with E-state index in [0.29, 0.717) is 43.5 Å². The number of hydrogen-bond donors (Lipinski definition) is 1. The van der Waals surface area contributed by atoms with E-state index in [2.05, 4.69) is 11.4 Å². The summed E-state index contributed by atoms with van der Waals surface area (Å²) in [6, 6.07) is 14.8. The molecule has 2 fully saturated rings. The van der Waals surface area contributed by atoms with E-state index < -0.39 is 0 Å². The molecule has 0 atom stereocenters. The molecule has 0 aromatic heterocycles. The number of hydrogen-bond acceptors (Lipinski definition) is 4. The molecule has 1 N–H and O–H groups in total. The SMILES string of the molecule is O=C(NCC1(c2cccc(Cl)c2)CCOCC1)c1ccc(N2CCOC2=O)cc1. The maximum Gasteiger partial charge on any atom is 0.414 e. The fourth-order valence-electron chi connectivity index (χ4n) is 3.92. The Morgan fingerprint density at radius 2 is 1.86 bits per heavy atom. The summed E-state index contributed by atoms with van der Waals surface area (Å²) < 4.78 is 10.5. The number of halogens is 1. The number of benzene rings is 2. The highest BCUT2D eigenvalue weighted by atomic mass is 35.5. The van der Waals surface area contributed by atoms with Crippen molar-refractivity contribution in [2.24, 2.45) is 0 Å². The lowest BCUT2D eigenvalue weighted by Gasteiger charge is -2.38. The summed E-state index contributed by atoms with van der Waals surface area (Å²) in [7, 11) is 0. The molecule has 7 heteroatoms. The Balaban J connectivity index is 1.46. The van der Waals surface area contributed by atoms with Crippen LogP contribution in [0.3, 0.4) is 0 Å². The number of nitrogens with one attached hydrogen (secondary N) is 1. The van der Waals surface area contributed by atoms with E-state index in [0.717, 1.165) is 24.1 Å². The van der Waals surface area contributed by atoms with Gasteiger partial charge in [-0.2, -0.15) is 0 Å². The monoisotopic (exact) mass is 414 g/mol. The van der Waals surface area contributed by atoms with Crippen LogP contribution in [-0.2, 0) is 14.9 Å². The molecular weight excluding hydrogens is 392 g/mol. The predicted molar refractivity (Wildman–Crippen MR) is 111 cm³/mol. The molecule has 0 bridgehead atoms.